The summed E-state index contributed by atoms with van der Waals surface area (Å²) < 4.78 is 0.581. The summed E-state index contributed by atoms with van der Waals surface area (Å²) in [5, 5.41) is 0. The molecule has 1 aromatic rings. The predicted octanol–water partition coefficient (Wildman–Crippen LogP) is 4.23. The van der Waals surface area contributed by atoms with Crippen molar-refractivity contribution in [1.29, 1.82) is 0 Å². The highest BCUT2D eigenvalue weighted by Crippen LogP contribution is 2.32. The first-order valence-corrected chi connectivity index (χ1v) is 10.8. The van der Waals surface area contributed by atoms with E-state index >= 15 is 0 Å². The second kappa shape index (κ2) is 9.02. The summed E-state index contributed by atoms with van der Waals surface area (Å²) in [7, 11) is 0. The Morgan fingerprint density at radius 1 is 1.26 bits per heavy atom. The fourth-order valence-electron chi connectivity index (χ4n) is 3.31. The zero-order valence-electron chi connectivity index (χ0n) is 15.9. The number of carbonyl (C=O) groups is 2. The van der Waals surface area contributed by atoms with Gasteiger partial charge in [0, 0.05) is 26.1 Å². The van der Waals surface area contributed by atoms with Crippen molar-refractivity contribution in [2.24, 2.45) is 5.92 Å². The van der Waals surface area contributed by atoms with E-state index in [1.807, 2.05) is 42.2 Å². The van der Waals surface area contributed by atoms with E-state index in [9.17, 15) is 9.59 Å². The fraction of sp³-hybridized carbons (Fsp3) is 0.476. The third kappa shape index (κ3) is 5.20. The molecule has 2 heterocycles. The van der Waals surface area contributed by atoms with Gasteiger partial charge in [-0.2, -0.15) is 0 Å². The Hall–Kier alpha value is -1.66. The van der Waals surface area contributed by atoms with E-state index in [1.54, 1.807) is 4.90 Å². The first-order chi connectivity index (χ1) is 12.9. The molecule has 0 saturated carbocycles. The average molecular weight is 403 g/mol. The number of aryl methyl sites for hydroxylation is 1. The Bertz CT molecular complexity index is 750. The van der Waals surface area contributed by atoms with E-state index in [-0.39, 0.29) is 11.8 Å². The molecule has 3 rings (SSSR count). The molecule has 2 amide bonds. The van der Waals surface area contributed by atoms with Gasteiger partial charge in [0.15, 0.2) is 0 Å². The van der Waals surface area contributed by atoms with Crippen LogP contribution in [0.25, 0.3) is 6.08 Å². The number of likely N-dealkylation sites (tertiary alicyclic amines) is 1. The van der Waals surface area contributed by atoms with Gasteiger partial charge in [-0.15, -0.1) is 0 Å². The largest absolute Gasteiger partial charge is 0.343 e. The van der Waals surface area contributed by atoms with Gasteiger partial charge < -0.3 is 4.90 Å². The van der Waals surface area contributed by atoms with E-state index in [0.29, 0.717) is 34.5 Å². The lowest BCUT2D eigenvalue weighted by molar-refractivity contribution is -0.133. The van der Waals surface area contributed by atoms with E-state index in [1.165, 1.54) is 17.3 Å². The van der Waals surface area contributed by atoms with Gasteiger partial charge >= 0.3 is 0 Å². The number of rotatable bonds is 5. The van der Waals surface area contributed by atoms with Crippen LogP contribution in [0.3, 0.4) is 0 Å². The lowest BCUT2D eigenvalue weighted by Crippen LogP contribution is -2.38. The van der Waals surface area contributed by atoms with Gasteiger partial charge in [-0.1, -0.05) is 60.7 Å². The SMILES string of the molecule is Cc1ccc(/C=C2/SC(=S)N(CCCC(=O)N3CCC(C)CC3)C2=O)cc1. The molecule has 0 unspecified atom stereocenters. The molecule has 144 valence electrons. The van der Waals surface area contributed by atoms with Gasteiger partial charge in [-0.05, 0) is 43.7 Å². The molecule has 0 radical (unpaired) electrons. The van der Waals surface area contributed by atoms with E-state index < -0.39 is 0 Å². The van der Waals surface area contributed by atoms with Crippen molar-refractivity contribution in [3.8, 4) is 0 Å². The lowest BCUT2D eigenvalue weighted by Gasteiger charge is -2.30. The van der Waals surface area contributed by atoms with Gasteiger partial charge in [0.2, 0.25) is 5.91 Å². The number of benzene rings is 1. The Morgan fingerprint density at radius 3 is 2.59 bits per heavy atom. The molecular weight excluding hydrogens is 376 g/mol. The topological polar surface area (TPSA) is 40.6 Å². The van der Waals surface area contributed by atoms with Crippen molar-refractivity contribution in [3.05, 3.63) is 40.3 Å². The third-order valence-corrected chi connectivity index (χ3v) is 6.54. The van der Waals surface area contributed by atoms with E-state index in [0.717, 1.165) is 31.5 Å². The fourth-order valence-corrected chi connectivity index (χ4v) is 4.62. The van der Waals surface area contributed by atoms with Gasteiger partial charge in [-0.25, -0.2) is 0 Å². The average Bonchev–Trinajstić information content (AvgIpc) is 2.91. The summed E-state index contributed by atoms with van der Waals surface area (Å²) in [6, 6.07) is 8.05. The molecule has 2 fully saturated rings. The van der Waals surface area contributed by atoms with E-state index in [2.05, 4.69) is 6.92 Å². The maximum absolute atomic E-state index is 12.7. The molecule has 2 aliphatic rings. The molecule has 0 spiro atoms. The number of thioether (sulfide) groups is 1. The summed E-state index contributed by atoms with van der Waals surface area (Å²) in [5.41, 5.74) is 2.18. The summed E-state index contributed by atoms with van der Waals surface area (Å²) in [6.07, 6.45) is 5.19. The lowest BCUT2D eigenvalue weighted by atomic mass is 9.99. The number of amides is 2. The van der Waals surface area contributed by atoms with E-state index in [4.69, 9.17) is 12.2 Å². The minimum absolute atomic E-state index is 0.0511. The minimum Gasteiger partial charge on any atom is -0.343 e. The second-order valence-electron chi connectivity index (χ2n) is 7.41. The number of piperidine rings is 1. The standard InChI is InChI=1S/C21H26N2O2S2/c1-15-5-7-17(8-6-15)14-18-20(25)23(21(26)27-18)11-3-4-19(24)22-12-9-16(2)10-13-22/h5-8,14,16H,3-4,9-13H2,1-2H3/b18-14+. The molecule has 4 nitrogen and oxygen atoms in total. The van der Waals surface area contributed by atoms with Crippen LogP contribution in [0.15, 0.2) is 29.2 Å². The molecular formula is C21H26N2O2S2. The molecule has 27 heavy (non-hydrogen) atoms. The normalized spacial score (nSPS) is 20.0. The van der Waals surface area contributed by atoms with Gasteiger partial charge in [0.25, 0.3) is 5.91 Å². The van der Waals surface area contributed by atoms with Crippen LogP contribution in [0.4, 0.5) is 0 Å². The highest BCUT2D eigenvalue weighted by Gasteiger charge is 2.31. The van der Waals surface area contributed by atoms with Crippen LogP contribution >= 0.6 is 24.0 Å². The van der Waals surface area contributed by atoms with Gasteiger partial charge in [-0.3, -0.25) is 14.5 Å². The van der Waals surface area contributed by atoms with Crippen LogP contribution in [0.5, 0.6) is 0 Å². The highest BCUT2D eigenvalue weighted by molar-refractivity contribution is 8.26. The second-order valence-corrected chi connectivity index (χ2v) is 9.09. The van der Waals surface area contributed by atoms with Crippen molar-refractivity contribution < 1.29 is 9.59 Å². The monoisotopic (exact) mass is 402 g/mol. The Kier molecular flexibility index (Phi) is 6.71. The van der Waals surface area contributed by atoms with Crippen LogP contribution in [-0.2, 0) is 9.59 Å². The third-order valence-electron chi connectivity index (χ3n) is 5.16. The molecule has 2 saturated heterocycles. The molecule has 2 aliphatic heterocycles. The van der Waals surface area contributed by atoms with Crippen LogP contribution in [0.1, 0.15) is 43.7 Å². The summed E-state index contributed by atoms with van der Waals surface area (Å²) in [5.74, 6) is 0.858. The molecule has 0 atom stereocenters. The van der Waals surface area contributed by atoms with Gasteiger partial charge in [0.05, 0.1) is 4.91 Å². The van der Waals surface area contributed by atoms with Crippen molar-refractivity contribution in [2.75, 3.05) is 19.6 Å². The maximum Gasteiger partial charge on any atom is 0.266 e. The number of carbonyl (C=O) groups excluding carboxylic acids is 2. The molecule has 0 aromatic heterocycles. The van der Waals surface area contributed by atoms with Gasteiger partial charge in [0.1, 0.15) is 4.32 Å². The first-order valence-electron chi connectivity index (χ1n) is 9.54. The zero-order chi connectivity index (χ0) is 19.4. The highest BCUT2D eigenvalue weighted by atomic mass is 32.2. The minimum atomic E-state index is -0.0511. The van der Waals surface area contributed by atoms with Crippen LogP contribution in [0.2, 0.25) is 0 Å². The first kappa shape index (κ1) is 20.1. The van der Waals surface area contributed by atoms with Crippen molar-refractivity contribution in [2.45, 2.75) is 39.5 Å². The van der Waals surface area contributed by atoms with Crippen molar-refractivity contribution >= 4 is 46.2 Å². The van der Waals surface area contributed by atoms with Crippen LogP contribution in [0, 0.1) is 12.8 Å². The quantitative estimate of drug-likeness (QED) is 0.546. The molecule has 0 N–H and O–H groups in total. The maximum atomic E-state index is 12.7. The summed E-state index contributed by atoms with van der Waals surface area (Å²) >= 11 is 6.72. The van der Waals surface area contributed by atoms with Crippen LogP contribution < -0.4 is 0 Å². The zero-order valence-corrected chi connectivity index (χ0v) is 17.6. The van der Waals surface area contributed by atoms with Crippen molar-refractivity contribution in [1.82, 2.24) is 9.80 Å². The number of hydrogen-bond donors (Lipinski definition) is 0. The number of nitrogens with zero attached hydrogens (tertiary/aromatic N) is 2. The Morgan fingerprint density at radius 2 is 1.93 bits per heavy atom. The predicted molar refractivity (Wildman–Crippen MR) is 115 cm³/mol. The number of thiocarbonyl (C=S) groups is 1. The van der Waals surface area contributed by atoms with Crippen LogP contribution in [-0.4, -0.2) is 45.6 Å². The smallest absolute Gasteiger partial charge is 0.266 e. The molecule has 1 aromatic carbocycles. The van der Waals surface area contributed by atoms with Crippen molar-refractivity contribution in [3.63, 3.8) is 0 Å². The Labute approximate surface area is 171 Å². The molecule has 0 bridgehead atoms. The molecule has 6 heteroatoms. The Balaban J connectivity index is 1.52. The number of hydrogen-bond acceptors (Lipinski definition) is 4. The summed E-state index contributed by atoms with van der Waals surface area (Å²) in [6.45, 7) is 6.50. The molecule has 0 aliphatic carbocycles. The summed E-state index contributed by atoms with van der Waals surface area (Å²) in [4.78, 5) is 29.2.